The first-order valence-corrected chi connectivity index (χ1v) is 19.4. The van der Waals surface area contributed by atoms with Gasteiger partial charge < -0.3 is 29.2 Å². The average Bonchev–Trinajstić information content (AvgIpc) is 3.77. The van der Waals surface area contributed by atoms with Gasteiger partial charge in [-0.1, -0.05) is 39.8 Å². The monoisotopic (exact) mass is 741 g/mol. The van der Waals surface area contributed by atoms with E-state index < -0.39 is 74.1 Å². The molecule has 6 rings (SSSR count). The Balaban J connectivity index is 1.33. The predicted octanol–water partition coefficient (Wildman–Crippen LogP) is 5.22. The van der Waals surface area contributed by atoms with Crippen LogP contribution in [0.4, 0.5) is 5.82 Å². The summed E-state index contributed by atoms with van der Waals surface area (Å²) in [5.74, 6) is -1.87. The van der Waals surface area contributed by atoms with E-state index in [0.717, 1.165) is 37.7 Å². The van der Waals surface area contributed by atoms with Crippen molar-refractivity contribution in [2.24, 2.45) is 11.8 Å². The predicted molar refractivity (Wildman–Crippen MR) is 188 cm³/mol. The van der Waals surface area contributed by atoms with Crippen LogP contribution in [0.1, 0.15) is 90.8 Å². The zero-order valence-corrected chi connectivity index (χ0v) is 31.2. The minimum atomic E-state index is -4.37. The molecule has 282 valence electrons. The summed E-state index contributed by atoms with van der Waals surface area (Å²) in [7, 11) is -4.37. The average molecular weight is 742 g/mol. The fraction of sp³-hybridized carbons (Fsp3) is 0.583. The molecule has 3 N–H and O–H groups in total. The highest BCUT2D eigenvalue weighted by Crippen LogP contribution is 2.49. The first-order valence-electron chi connectivity index (χ1n) is 17.9. The molecule has 3 aromatic rings. The minimum absolute atomic E-state index is 0.190. The van der Waals surface area contributed by atoms with Crippen molar-refractivity contribution in [3.63, 3.8) is 0 Å². The molecular formula is C36H48N5O10P. The SMILES string of the molecule is CC(C)C(=O)O[C@H]1[C@@H](OC(=O)C(C)C)[C@](C)(c2ccc3c(N)ncnn23)O[C@@H]1COP(=O)(N[C@@H](C)C(=O)OC1CCC1)Oc1ccc(C2CC2)cc1. The number of nitrogens with one attached hydrogen (secondary N) is 1. The molecule has 2 aromatic heterocycles. The van der Waals surface area contributed by atoms with Gasteiger partial charge in [0.05, 0.1) is 24.1 Å². The van der Waals surface area contributed by atoms with E-state index in [-0.39, 0.29) is 17.7 Å². The number of nitrogens with zero attached hydrogens (tertiary/aromatic N) is 3. The number of rotatable bonds is 15. The van der Waals surface area contributed by atoms with E-state index in [1.165, 1.54) is 17.8 Å². The highest BCUT2D eigenvalue weighted by molar-refractivity contribution is 7.52. The molecule has 1 saturated heterocycles. The molecule has 3 heterocycles. The summed E-state index contributed by atoms with van der Waals surface area (Å²) in [5, 5.41) is 7.09. The van der Waals surface area contributed by atoms with Gasteiger partial charge in [0.1, 0.15) is 41.4 Å². The summed E-state index contributed by atoms with van der Waals surface area (Å²) in [6, 6.07) is 9.55. The van der Waals surface area contributed by atoms with Gasteiger partial charge in [-0.2, -0.15) is 10.2 Å². The van der Waals surface area contributed by atoms with Gasteiger partial charge >= 0.3 is 25.7 Å². The van der Waals surface area contributed by atoms with Gasteiger partial charge in [0.25, 0.3) is 0 Å². The lowest BCUT2D eigenvalue weighted by molar-refractivity contribution is -0.175. The number of esters is 3. The van der Waals surface area contributed by atoms with Gasteiger partial charge in [-0.05, 0) is 81.7 Å². The van der Waals surface area contributed by atoms with Crippen molar-refractivity contribution < 1.29 is 46.9 Å². The number of carbonyl (C=O) groups excluding carboxylic acids is 3. The number of ether oxygens (including phenoxy) is 4. The number of nitrogens with two attached hydrogens (primary N) is 1. The topological polar surface area (TPSA) is 192 Å². The van der Waals surface area contributed by atoms with Gasteiger partial charge in [0.15, 0.2) is 18.0 Å². The normalized spacial score (nSPS) is 25.0. The summed E-state index contributed by atoms with van der Waals surface area (Å²) in [6.07, 6.45) is 2.21. The maximum absolute atomic E-state index is 14.6. The summed E-state index contributed by atoms with van der Waals surface area (Å²) < 4.78 is 52.4. The number of anilines is 1. The molecule has 16 heteroatoms. The minimum Gasteiger partial charge on any atom is -0.461 e. The molecule has 0 bridgehead atoms. The third kappa shape index (κ3) is 8.12. The number of fused-ring (bicyclic) bond motifs is 1. The van der Waals surface area contributed by atoms with Crippen molar-refractivity contribution in [2.75, 3.05) is 12.3 Å². The molecule has 0 radical (unpaired) electrons. The van der Waals surface area contributed by atoms with Gasteiger partial charge in [-0.25, -0.2) is 14.1 Å². The Morgan fingerprint density at radius 1 is 0.962 bits per heavy atom. The van der Waals surface area contributed by atoms with E-state index in [1.54, 1.807) is 58.9 Å². The molecule has 15 nitrogen and oxygen atoms in total. The summed E-state index contributed by atoms with van der Waals surface area (Å²) in [4.78, 5) is 43.4. The van der Waals surface area contributed by atoms with Gasteiger partial charge in [-0.15, -0.1) is 0 Å². The van der Waals surface area contributed by atoms with E-state index >= 15 is 0 Å². The van der Waals surface area contributed by atoms with Crippen molar-refractivity contribution >= 4 is 37.0 Å². The Morgan fingerprint density at radius 2 is 1.63 bits per heavy atom. The Labute approximate surface area is 302 Å². The lowest BCUT2D eigenvalue weighted by Crippen LogP contribution is -2.46. The molecule has 2 aliphatic carbocycles. The highest BCUT2D eigenvalue weighted by Gasteiger charge is 2.59. The summed E-state index contributed by atoms with van der Waals surface area (Å²) in [5.41, 5.74) is 6.68. The number of carbonyl (C=O) groups is 3. The molecule has 1 aromatic carbocycles. The molecule has 3 aliphatic rings. The van der Waals surface area contributed by atoms with Crippen molar-refractivity contribution in [1.29, 1.82) is 0 Å². The fourth-order valence-corrected chi connectivity index (χ4v) is 7.63. The van der Waals surface area contributed by atoms with Crippen molar-refractivity contribution in [1.82, 2.24) is 19.7 Å². The van der Waals surface area contributed by atoms with Crippen LogP contribution >= 0.6 is 7.75 Å². The molecule has 0 spiro atoms. The van der Waals surface area contributed by atoms with Crippen LogP contribution in [-0.4, -0.2) is 69.6 Å². The van der Waals surface area contributed by atoms with Crippen LogP contribution in [-0.2, 0) is 48.0 Å². The van der Waals surface area contributed by atoms with E-state index in [1.807, 2.05) is 12.1 Å². The highest BCUT2D eigenvalue weighted by atomic mass is 31.2. The number of benzene rings is 1. The van der Waals surface area contributed by atoms with Gasteiger partial charge in [0, 0.05) is 0 Å². The van der Waals surface area contributed by atoms with Crippen LogP contribution in [0, 0.1) is 11.8 Å². The van der Waals surface area contributed by atoms with Gasteiger partial charge in [0.2, 0.25) is 0 Å². The standard InChI is InChI=1S/C36H48N5O10P/c1-20(2)33(42)48-30-28(50-36(6,31(30)49-34(43)21(3)4)29-17-16-27-32(37)38-19-39-41(27)29)18-46-52(45,40-22(5)35(44)47-25-8-7-9-25)51-26-14-12-24(13-15-26)23-10-11-23/h12-17,19-23,25,28,30-31H,7-11,18H2,1-6H3,(H,40,45)(H2,37,38,39)/t22-,28+,30+,31+,36-,52?/m0/s1. The van der Waals surface area contributed by atoms with E-state index in [0.29, 0.717) is 17.1 Å². The second kappa shape index (κ2) is 15.1. The molecule has 0 amide bonds. The number of hydrogen-bond donors (Lipinski definition) is 2. The Kier molecular flexibility index (Phi) is 11.0. The van der Waals surface area contributed by atoms with E-state index in [4.69, 9.17) is 33.7 Å². The van der Waals surface area contributed by atoms with Crippen molar-refractivity contribution in [2.45, 2.75) is 116 Å². The van der Waals surface area contributed by atoms with E-state index in [2.05, 4.69) is 15.2 Å². The fourth-order valence-electron chi connectivity index (χ4n) is 6.13. The smallest absolute Gasteiger partial charge is 0.459 e. The van der Waals surface area contributed by atoms with Gasteiger partial charge in [-0.3, -0.25) is 18.9 Å². The molecule has 2 saturated carbocycles. The first-order chi connectivity index (χ1) is 24.7. The summed E-state index contributed by atoms with van der Waals surface area (Å²) in [6.45, 7) is 9.41. The van der Waals surface area contributed by atoms with Crippen LogP contribution in [0.15, 0.2) is 42.7 Å². The summed E-state index contributed by atoms with van der Waals surface area (Å²) >= 11 is 0. The molecule has 3 fully saturated rings. The molecule has 6 atom stereocenters. The molecule has 1 aliphatic heterocycles. The quantitative estimate of drug-likeness (QED) is 0.117. The Hall–Kier alpha value is -4.04. The number of hydrogen-bond acceptors (Lipinski definition) is 13. The largest absolute Gasteiger partial charge is 0.461 e. The Bertz CT molecular complexity index is 1830. The Morgan fingerprint density at radius 3 is 2.25 bits per heavy atom. The van der Waals surface area contributed by atoms with Crippen LogP contribution in [0.2, 0.25) is 0 Å². The number of aromatic nitrogens is 3. The number of nitrogen functional groups attached to an aromatic ring is 1. The third-order valence-corrected chi connectivity index (χ3v) is 11.3. The van der Waals surface area contributed by atoms with Crippen LogP contribution in [0.25, 0.3) is 5.52 Å². The second-order valence-corrected chi connectivity index (χ2v) is 16.3. The van der Waals surface area contributed by atoms with Crippen LogP contribution < -0.4 is 15.3 Å². The maximum Gasteiger partial charge on any atom is 0.459 e. The zero-order valence-electron chi connectivity index (χ0n) is 30.4. The van der Waals surface area contributed by atoms with Crippen LogP contribution in [0.3, 0.4) is 0 Å². The van der Waals surface area contributed by atoms with Crippen LogP contribution in [0.5, 0.6) is 5.75 Å². The lowest BCUT2D eigenvalue weighted by atomic mass is 9.92. The lowest BCUT2D eigenvalue weighted by Gasteiger charge is -2.31. The molecule has 1 unspecified atom stereocenters. The third-order valence-electron chi connectivity index (χ3n) is 9.64. The van der Waals surface area contributed by atoms with Crippen molar-refractivity contribution in [3.8, 4) is 5.75 Å². The first kappa shape index (κ1) is 37.7. The van der Waals surface area contributed by atoms with Crippen molar-refractivity contribution in [3.05, 3.63) is 54.0 Å². The molecule has 52 heavy (non-hydrogen) atoms. The maximum atomic E-state index is 14.6. The van der Waals surface area contributed by atoms with E-state index in [9.17, 15) is 18.9 Å². The second-order valence-electron chi connectivity index (χ2n) is 14.6. The molecular weight excluding hydrogens is 693 g/mol. The zero-order chi connectivity index (χ0) is 37.4.